The average molecular weight is 286 g/mol. The lowest BCUT2D eigenvalue weighted by Crippen LogP contribution is -2.34. The lowest BCUT2D eigenvalue weighted by molar-refractivity contribution is -0.117. The molecule has 18 heavy (non-hydrogen) atoms. The fourth-order valence-corrected chi connectivity index (χ4v) is 1.91. The monoisotopic (exact) mass is 286 g/mol. The maximum atomic E-state index is 12.6. The van der Waals surface area contributed by atoms with Crippen molar-refractivity contribution in [2.45, 2.75) is 19.3 Å². The van der Waals surface area contributed by atoms with Gasteiger partial charge in [0.25, 0.3) is 0 Å². The molecule has 0 amide bonds. The first-order valence-electron chi connectivity index (χ1n) is 4.73. The molecule has 4 nitrogen and oxygen atoms in total. The van der Waals surface area contributed by atoms with Gasteiger partial charge in [-0.3, -0.25) is 0 Å². The summed E-state index contributed by atoms with van der Waals surface area (Å²) in [6.45, 7) is 0.234. The molecule has 1 N–H and O–H groups in total. The number of ether oxygens (including phenoxy) is 1. The minimum atomic E-state index is -4.15. The number of carbonyl (C=O) groups is 1. The molecule has 0 saturated heterocycles. The Hall–Kier alpha value is -1.38. The Morgan fingerprint density at radius 2 is 2.17 bits per heavy atom. The topological polar surface area (TPSA) is 51.2 Å². The van der Waals surface area contributed by atoms with Gasteiger partial charge in [-0.1, -0.05) is 11.3 Å². The Morgan fingerprint density at radius 1 is 1.56 bits per heavy atom. The molecule has 0 aromatic carbocycles. The van der Waals surface area contributed by atoms with Crippen LogP contribution in [0.2, 0.25) is 0 Å². The van der Waals surface area contributed by atoms with Crippen LogP contribution in [0.5, 0.6) is 0 Å². The number of hydrogen-bond acceptors (Lipinski definition) is 5. The van der Waals surface area contributed by atoms with E-state index in [9.17, 15) is 22.4 Å². The summed E-state index contributed by atoms with van der Waals surface area (Å²) < 4.78 is 53.5. The first-order valence-corrected chi connectivity index (χ1v) is 5.55. The average Bonchev–Trinajstić information content (AvgIpc) is 2.67. The van der Waals surface area contributed by atoms with Crippen molar-refractivity contribution in [1.82, 2.24) is 4.98 Å². The molecular formula is C9H10F4N2O2S. The second-order valence-corrected chi connectivity index (χ2v) is 4.34. The van der Waals surface area contributed by atoms with E-state index in [1.54, 1.807) is 0 Å². The lowest BCUT2D eigenvalue weighted by atomic mass is 10.3. The number of nitrogens with zero attached hydrogens (tertiary/aromatic N) is 1. The highest BCUT2D eigenvalue weighted by Gasteiger charge is 2.40. The molecule has 0 aliphatic rings. The van der Waals surface area contributed by atoms with Crippen LogP contribution < -0.4 is 5.32 Å². The van der Waals surface area contributed by atoms with E-state index in [-0.39, 0.29) is 15.7 Å². The highest BCUT2D eigenvalue weighted by molar-refractivity contribution is 7.17. The standard InChI is InChI=1S/C9H10F4N2O2S/c1-4-5(6(16)17-2)18-8(15-4)14-3-9(12,13)7(10)11/h7H,3H2,1-2H3,(H,14,15). The first-order chi connectivity index (χ1) is 8.27. The van der Waals surface area contributed by atoms with Gasteiger partial charge in [0.15, 0.2) is 5.13 Å². The predicted molar refractivity (Wildman–Crippen MR) is 57.6 cm³/mol. The normalized spacial score (nSPS) is 11.7. The van der Waals surface area contributed by atoms with Crippen LogP contribution >= 0.6 is 11.3 Å². The summed E-state index contributed by atoms with van der Waals surface area (Å²) in [5.74, 6) is -4.80. The Labute approximate surface area is 104 Å². The number of thiazole rings is 1. The van der Waals surface area contributed by atoms with E-state index < -0.39 is 24.9 Å². The molecule has 9 heteroatoms. The Morgan fingerprint density at radius 3 is 2.67 bits per heavy atom. The molecule has 0 bridgehead atoms. The molecule has 0 saturated carbocycles. The number of aromatic nitrogens is 1. The minimum absolute atomic E-state index is 0.0341. The van der Waals surface area contributed by atoms with E-state index >= 15 is 0 Å². The van der Waals surface area contributed by atoms with Gasteiger partial charge in [-0.25, -0.2) is 18.6 Å². The fraction of sp³-hybridized carbons (Fsp3) is 0.556. The number of esters is 1. The smallest absolute Gasteiger partial charge is 0.350 e. The van der Waals surface area contributed by atoms with E-state index in [1.807, 2.05) is 0 Å². The van der Waals surface area contributed by atoms with E-state index in [0.29, 0.717) is 0 Å². The maximum Gasteiger partial charge on any atom is 0.350 e. The van der Waals surface area contributed by atoms with Gasteiger partial charge in [0.05, 0.1) is 19.3 Å². The van der Waals surface area contributed by atoms with E-state index in [0.717, 1.165) is 11.3 Å². The number of aryl methyl sites for hydroxylation is 1. The van der Waals surface area contributed by atoms with Gasteiger partial charge in [0.2, 0.25) is 0 Å². The van der Waals surface area contributed by atoms with Crippen LogP contribution in [0.1, 0.15) is 15.4 Å². The second-order valence-electron chi connectivity index (χ2n) is 3.34. The summed E-state index contributed by atoms with van der Waals surface area (Å²) >= 11 is 0.770. The second kappa shape index (κ2) is 5.51. The van der Waals surface area contributed by atoms with Crippen molar-refractivity contribution in [2.75, 3.05) is 19.0 Å². The highest BCUT2D eigenvalue weighted by atomic mass is 32.1. The number of halogens is 4. The summed E-state index contributed by atoms with van der Waals surface area (Å²) in [6.07, 6.45) is -3.76. The van der Waals surface area contributed by atoms with E-state index in [2.05, 4.69) is 15.0 Å². The van der Waals surface area contributed by atoms with Crippen LogP contribution in [-0.2, 0) is 4.74 Å². The van der Waals surface area contributed by atoms with Crippen LogP contribution in [0.15, 0.2) is 0 Å². The third-order valence-electron chi connectivity index (χ3n) is 1.96. The fourth-order valence-electron chi connectivity index (χ4n) is 1.02. The third-order valence-corrected chi connectivity index (χ3v) is 3.06. The van der Waals surface area contributed by atoms with Crippen molar-refractivity contribution in [2.24, 2.45) is 0 Å². The molecule has 0 aliphatic heterocycles. The zero-order chi connectivity index (χ0) is 13.9. The Bertz CT molecular complexity index is 436. The molecule has 0 radical (unpaired) electrons. The largest absolute Gasteiger partial charge is 0.465 e. The van der Waals surface area contributed by atoms with Crippen molar-refractivity contribution in [3.05, 3.63) is 10.6 Å². The van der Waals surface area contributed by atoms with Crippen molar-refractivity contribution in [3.8, 4) is 0 Å². The summed E-state index contributed by atoms with van der Waals surface area (Å²) in [4.78, 5) is 15.1. The number of methoxy groups -OCH3 is 1. The van der Waals surface area contributed by atoms with Gasteiger partial charge in [-0.2, -0.15) is 8.78 Å². The predicted octanol–water partition coefficient (Wildman–Crippen LogP) is 2.55. The Kier molecular flexibility index (Phi) is 4.49. The molecule has 1 aromatic heterocycles. The summed E-state index contributed by atoms with van der Waals surface area (Å²) in [5.41, 5.74) is 0.287. The van der Waals surface area contributed by atoms with Gasteiger partial charge in [-0.15, -0.1) is 0 Å². The molecule has 102 valence electrons. The van der Waals surface area contributed by atoms with Gasteiger partial charge in [0.1, 0.15) is 4.88 Å². The zero-order valence-corrected chi connectivity index (χ0v) is 10.3. The number of hydrogen-bond donors (Lipinski definition) is 1. The maximum absolute atomic E-state index is 12.6. The number of rotatable bonds is 5. The van der Waals surface area contributed by atoms with Crippen LogP contribution in [0, 0.1) is 6.92 Å². The van der Waals surface area contributed by atoms with Crippen molar-refractivity contribution in [1.29, 1.82) is 0 Å². The molecule has 0 atom stereocenters. The summed E-state index contributed by atoms with van der Waals surface area (Å²) in [5, 5.41) is 2.04. The van der Waals surface area contributed by atoms with Gasteiger partial charge < -0.3 is 10.1 Å². The van der Waals surface area contributed by atoms with Crippen LogP contribution in [-0.4, -0.2) is 37.0 Å². The van der Waals surface area contributed by atoms with Crippen molar-refractivity contribution < 1.29 is 27.1 Å². The highest BCUT2D eigenvalue weighted by Crippen LogP contribution is 2.27. The third kappa shape index (κ3) is 3.31. The van der Waals surface area contributed by atoms with E-state index in [4.69, 9.17) is 0 Å². The van der Waals surface area contributed by atoms with Crippen molar-refractivity contribution >= 4 is 22.4 Å². The lowest BCUT2D eigenvalue weighted by Gasteiger charge is -2.14. The van der Waals surface area contributed by atoms with Crippen LogP contribution in [0.3, 0.4) is 0 Å². The van der Waals surface area contributed by atoms with Gasteiger partial charge in [-0.05, 0) is 6.92 Å². The minimum Gasteiger partial charge on any atom is -0.465 e. The molecule has 1 rings (SSSR count). The molecule has 0 spiro atoms. The molecule has 0 unspecified atom stereocenters. The van der Waals surface area contributed by atoms with E-state index in [1.165, 1.54) is 14.0 Å². The number of alkyl halides is 4. The quantitative estimate of drug-likeness (QED) is 0.667. The first kappa shape index (κ1) is 14.7. The molecule has 0 aliphatic carbocycles. The molecule has 1 aromatic rings. The molecule has 1 heterocycles. The number of anilines is 1. The summed E-state index contributed by atoms with van der Waals surface area (Å²) in [7, 11) is 1.17. The Balaban J connectivity index is 2.73. The molecular weight excluding hydrogens is 276 g/mol. The van der Waals surface area contributed by atoms with Gasteiger partial charge in [0, 0.05) is 0 Å². The number of nitrogens with one attached hydrogen (secondary N) is 1. The van der Waals surface area contributed by atoms with Crippen molar-refractivity contribution in [3.63, 3.8) is 0 Å². The van der Waals surface area contributed by atoms with Crippen LogP contribution in [0.25, 0.3) is 0 Å². The molecule has 0 fully saturated rings. The zero-order valence-electron chi connectivity index (χ0n) is 9.47. The number of carbonyl (C=O) groups excluding carboxylic acids is 1. The van der Waals surface area contributed by atoms with Crippen LogP contribution in [0.4, 0.5) is 22.7 Å². The summed E-state index contributed by atoms with van der Waals surface area (Å²) in [6, 6.07) is 0. The SMILES string of the molecule is COC(=O)c1sc(NCC(F)(F)C(F)F)nc1C. The van der Waals surface area contributed by atoms with Gasteiger partial charge >= 0.3 is 18.3 Å².